The minimum atomic E-state index is -0.0505. The maximum Gasteiger partial charge on any atom is 0.0946 e. The molecule has 0 amide bonds. The average Bonchev–Trinajstić information content (AvgIpc) is 2.15. The molecule has 0 aliphatic carbocycles. The molecule has 0 aliphatic rings. The van der Waals surface area contributed by atoms with Crippen molar-refractivity contribution in [2.45, 2.75) is 32.4 Å². The highest BCUT2D eigenvalue weighted by Gasteiger charge is 2.16. The third-order valence-electron chi connectivity index (χ3n) is 2.36. The topological polar surface area (TPSA) is 21.3 Å². The van der Waals surface area contributed by atoms with Crippen molar-refractivity contribution in [3.8, 4) is 0 Å². The molecule has 1 aromatic carbocycles. The lowest BCUT2D eigenvalue weighted by Gasteiger charge is -2.25. The number of hydrogen-bond acceptors (Lipinski definition) is 2. The lowest BCUT2D eigenvalue weighted by atomic mass is 10.1. The Labute approximate surface area is 125 Å². The van der Waals surface area contributed by atoms with Crippen LogP contribution >= 0.6 is 35.6 Å². The molecule has 1 atom stereocenters. The lowest BCUT2D eigenvalue weighted by molar-refractivity contribution is 0.0959. The van der Waals surface area contributed by atoms with E-state index in [1.54, 1.807) is 13.2 Å². The van der Waals surface area contributed by atoms with Gasteiger partial charge in [0.25, 0.3) is 0 Å². The summed E-state index contributed by atoms with van der Waals surface area (Å²) >= 11 is 12.0. The molecule has 1 rings (SSSR count). The van der Waals surface area contributed by atoms with E-state index in [1.165, 1.54) is 0 Å². The number of halogens is 3. The zero-order valence-electron chi connectivity index (χ0n) is 11.1. The normalized spacial score (nSPS) is 13.0. The summed E-state index contributed by atoms with van der Waals surface area (Å²) < 4.78 is 5.46. The van der Waals surface area contributed by atoms with E-state index < -0.39 is 0 Å². The van der Waals surface area contributed by atoms with Gasteiger partial charge in [-0.3, -0.25) is 0 Å². The molecule has 18 heavy (non-hydrogen) atoms. The Morgan fingerprint density at radius 1 is 1.17 bits per heavy atom. The minimum Gasteiger partial charge on any atom is -0.375 e. The van der Waals surface area contributed by atoms with Gasteiger partial charge in [0, 0.05) is 29.2 Å². The number of methoxy groups -OCH3 is 1. The fourth-order valence-corrected chi connectivity index (χ4v) is 2.04. The van der Waals surface area contributed by atoms with Crippen LogP contribution in [0.25, 0.3) is 0 Å². The largest absolute Gasteiger partial charge is 0.375 e. The minimum absolute atomic E-state index is 0. The van der Waals surface area contributed by atoms with Crippen LogP contribution in [0.5, 0.6) is 0 Å². The molecule has 0 bridgehead atoms. The van der Waals surface area contributed by atoms with Gasteiger partial charge in [-0.05, 0) is 44.5 Å². The fourth-order valence-electron chi connectivity index (χ4n) is 1.50. The third-order valence-corrected chi connectivity index (χ3v) is 2.80. The van der Waals surface area contributed by atoms with Gasteiger partial charge in [-0.15, -0.1) is 12.4 Å². The Balaban J connectivity index is 0.00000289. The smallest absolute Gasteiger partial charge is 0.0946 e. The predicted octanol–water partition coefficient (Wildman–Crippen LogP) is 4.49. The first-order valence-corrected chi connectivity index (χ1v) is 6.31. The Bertz CT molecular complexity index is 357. The van der Waals surface area contributed by atoms with Crippen LogP contribution < -0.4 is 5.32 Å². The molecule has 1 unspecified atom stereocenters. The van der Waals surface area contributed by atoms with Crippen molar-refractivity contribution in [2.24, 2.45) is 0 Å². The van der Waals surface area contributed by atoms with Crippen LogP contribution in [0.15, 0.2) is 18.2 Å². The maximum atomic E-state index is 5.98. The second-order valence-corrected chi connectivity index (χ2v) is 5.93. The molecule has 0 aliphatic heterocycles. The van der Waals surface area contributed by atoms with E-state index in [-0.39, 0.29) is 24.0 Å². The Morgan fingerprint density at radius 2 is 1.67 bits per heavy atom. The molecule has 2 nitrogen and oxygen atoms in total. The molecular formula is C13H20Cl3NO. The monoisotopic (exact) mass is 311 g/mol. The number of hydrogen-bond donors (Lipinski definition) is 1. The molecule has 0 fully saturated rings. The number of nitrogens with one attached hydrogen (secondary N) is 1. The van der Waals surface area contributed by atoms with Gasteiger partial charge in [0.2, 0.25) is 0 Å². The molecule has 1 aromatic rings. The van der Waals surface area contributed by atoms with Crippen LogP contribution in [0.4, 0.5) is 0 Å². The van der Waals surface area contributed by atoms with Gasteiger partial charge in [0.1, 0.15) is 0 Å². The summed E-state index contributed by atoms with van der Waals surface area (Å²) in [5.41, 5.74) is 1.04. The highest BCUT2D eigenvalue weighted by atomic mass is 35.5. The lowest BCUT2D eigenvalue weighted by Crippen LogP contribution is -2.38. The summed E-state index contributed by atoms with van der Waals surface area (Å²) in [5, 5.41) is 4.66. The van der Waals surface area contributed by atoms with Crippen LogP contribution in [-0.2, 0) is 4.74 Å². The van der Waals surface area contributed by atoms with Crippen LogP contribution in [-0.4, -0.2) is 19.2 Å². The van der Waals surface area contributed by atoms with Gasteiger partial charge in [-0.2, -0.15) is 0 Å². The van der Waals surface area contributed by atoms with Crippen LogP contribution in [0.2, 0.25) is 10.0 Å². The van der Waals surface area contributed by atoms with Crippen molar-refractivity contribution in [2.75, 3.05) is 13.7 Å². The highest BCUT2D eigenvalue weighted by molar-refractivity contribution is 6.34. The zero-order valence-corrected chi connectivity index (χ0v) is 13.4. The molecule has 5 heteroatoms. The van der Waals surface area contributed by atoms with E-state index >= 15 is 0 Å². The average molecular weight is 313 g/mol. The van der Waals surface area contributed by atoms with Crippen molar-refractivity contribution >= 4 is 35.6 Å². The van der Waals surface area contributed by atoms with Crippen LogP contribution in [0.3, 0.4) is 0 Å². The third kappa shape index (κ3) is 6.26. The van der Waals surface area contributed by atoms with E-state index in [9.17, 15) is 0 Å². The molecule has 1 N–H and O–H groups in total. The van der Waals surface area contributed by atoms with Gasteiger partial charge in [0.05, 0.1) is 6.10 Å². The number of benzene rings is 1. The van der Waals surface area contributed by atoms with Gasteiger partial charge >= 0.3 is 0 Å². The van der Waals surface area contributed by atoms with E-state index in [0.29, 0.717) is 10.0 Å². The van der Waals surface area contributed by atoms with Gasteiger partial charge in [-0.1, -0.05) is 23.2 Å². The molecule has 0 radical (unpaired) electrons. The first-order valence-electron chi connectivity index (χ1n) is 5.55. The van der Waals surface area contributed by atoms with Crippen molar-refractivity contribution in [3.63, 3.8) is 0 Å². The van der Waals surface area contributed by atoms with E-state index in [4.69, 9.17) is 27.9 Å². The Morgan fingerprint density at radius 3 is 2.06 bits per heavy atom. The molecule has 0 heterocycles. The molecule has 104 valence electrons. The Kier molecular flexibility index (Phi) is 7.57. The molecular weight excluding hydrogens is 293 g/mol. The van der Waals surface area contributed by atoms with E-state index in [0.717, 1.165) is 12.1 Å². The predicted molar refractivity (Wildman–Crippen MR) is 81.2 cm³/mol. The summed E-state index contributed by atoms with van der Waals surface area (Å²) in [7, 11) is 1.68. The van der Waals surface area contributed by atoms with Crippen molar-refractivity contribution in [3.05, 3.63) is 33.8 Å². The SMILES string of the molecule is COC(CNC(C)(C)C)c1cc(Cl)cc(Cl)c1.Cl. The number of ether oxygens (including phenoxy) is 1. The van der Waals surface area contributed by atoms with Crippen molar-refractivity contribution < 1.29 is 4.74 Å². The quantitative estimate of drug-likeness (QED) is 0.884. The van der Waals surface area contributed by atoms with Gasteiger partial charge in [-0.25, -0.2) is 0 Å². The molecule has 0 saturated heterocycles. The first kappa shape index (κ1) is 18.0. The second-order valence-electron chi connectivity index (χ2n) is 5.06. The van der Waals surface area contributed by atoms with Crippen LogP contribution in [0, 0.1) is 0 Å². The molecule has 0 aromatic heterocycles. The van der Waals surface area contributed by atoms with Gasteiger partial charge in [0.15, 0.2) is 0 Å². The second kappa shape index (κ2) is 7.56. The number of rotatable bonds is 4. The van der Waals surface area contributed by atoms with E-state index in [2.05, 4.69) is 26.1 Å². The molecule has 0 saturated carbocycles. The highest BCUT2D eigenvalue weighted by Crippen LogP contribution is 2.25. The van der Waals surface area contributed by atoms with Crippen LogP contribution in [0.1, 0.15) is 32.4 Å². The summed E-state index contributed by atoms with van der Waals surface area (Å²) in [4.78, 5) is 0. The fraction of sp³-hybridized carbons (Fsp3) is 0.538. The first-order chi connectivity index (χ1) is 7.81. The summed E-state index contributed by atoms with van der Waals surface area (Å²) in [6.07, 6.45) is -0.0505. The molecule has 0 spiro atoms. The Hall–Kier alpha value is 0.01000. The summed E-state index contributed by atoms with van der Waals surface area (Å²) in [6.45, 7) is 7.07. The van der Waals surface area contributed by atoms with Gasteiger partial charge < -0.3 is 10.1 Å². The van der Waals surface area contributed by atoms with Crippen molar-refractivity contribution in [1.82, 2.24) is 5.32 Å². The zero-order chi connectivity index (χ0) is 13.1. The maximum absolute atomic E-state index is 5.98. The van der Waals surface area contributed by atoms with Crippen molar-refractivity contribution in [1.29, 1.82) is 0 Å². The summed E-state index contributed by atoms with van der Waals surface area (Å²) in [6, 6.07) is 5.48. The summed E-state index contributed by atoms with van der Waals surface area (Å²) in [5.74, 6) is 0. The standard InChI is InChI=1S/C13H19Cl2NO.ClH/c1-13(2,3)16-8-12(17-4)9-5-10(14)7-11(15)6-9;/h5-7,12,16H,8H2,1-4H3;1H. The van der Waals surface area contributed by atoms with E-state index in [1.807, 2.05) is 12.1 Å².